The second kappa shape index (κ2) is 5.20. The Morgan fingerprint density at radius 2 is 2.39 bits per heavy atom. The van der Waals surface area contributed by atoms with Crippen LogP contribution in [-0.2, 0) is 9.59 Å². The van der Waals surface area contributed by atoms with Crippen LogP contribution >= 0.6 is 0 Å². The van der Waals surface area contributed by atoms with Gasteiger partial charge in [0.2, 0.25) is 11.8 Å². The number of amides is 2. The SMILES string of the molecule is C[C@H](C(=O)N1CCC[C@H](C(N)=O)C1)c1ccn[nH]1. The van der Waals surface area contributed by atoms with Crippen molar-refractivity contribution in [3.8, 4) is 0 Å². The van der Waals surface area contributed by atoms with Crippen LogP contribution in [0.3, 0.4) is 0 Å². The lowest BCUT2D eigenvalue weighted by atomic mass is 9.96. The Bertz CT molecular complexity index is 429. The summed E-state index contributed by atoms with van der Waals surface area (Å²) in [5, 5.41) is 6.65. The molecule has 0 bridgehead atoms. The van der Waals surface area contributed by atoms with Gasteiger partial charge in [0.25, 0.3) is 0 Å². The van der Waals surface area contributed by atoms with Gasteiger partial charge < -0.3 is 10.6 Å². The van der Waals surface area contributed by atoms with Crippen molar-refractivity contribution in [2.24, 2.45) is 11.7 Å². The van der Waals surface area contributed by atoms with Crippen molar-refractivity contribution < 1.29 is 9.59 Å². The van der Waals surface area contributed by atoms with E-state index in [0.717, 1.165) is 18.5 Å². The summed E-state index contributed by atoms with van der Waals surface area (Å²) in [6, 6.07) is 1.79. The van der Waals surface area contributed by atoms with Gasteiger partial charge in [-0.25, -0.2) is 0 Å². The van der Waals surface area contributed by atoms with Crippen LogP contribution in [0.1, 0.15) is 31.4 Å². The van der Waals surface area contributed by atoms with Crippen LogP contribution in [0, 0.1) is 5.92 Å². The number of nitrogens with two attached hydrogens (primary N) is 1. The largest absolute Gasteiger partial charge is 0.369 e. The average molecular weight is 250 g/mol. The van der Waals surface area contributed by atoms with Crippen molar-refractivity contribution in [2.75, 3.05) is 13.1 Å². The van der Waals surface area contributed by atoms with Crippen LogP contribution in [-0.4, -0.2) is 40.0 Å². The van der Waals surface area contributed by atoms with Crippen molar-refractivity contribution in [2.45, 2.75) is 25.7 Å². The molecule has 0 saturated carbocycles. The molecular weight excluding hydrogens is 232 g/mol. The van der Waals surface area contributed by atoms with Crippen LogP contribution in [0.5, 0.6) is 0 Å². The Balaban J connectivity index is 2.02. The van der Waals surface area contributed by atoms with Gasteiger partial charge in [-0.15, -0.1) is 0 Å². The van der Waals surface area contributed by atoms with Gasteiger partial charge in [-0.3, -0.25) is 14.7 Å². The first kappa shape index (κ1) is 12.6. The molecule has 1 aromatic heterocycles. The van der Waals surface area contributed by atoms with Gasteiger partial charge >= 0.3 is 0 Å². The molecule has 2 amide bonds. The number of piperidine rings is 1. The fourth-order valence-electron chi connectivity index (χ4n) is 2.32. The van der Waals surface area contributed by atoms with Crippen LogP contribution < -0.4 is 5.73 Å². The fraction of sp³-hybridized carbons (Fsp3) is 0.583. The number of aromatic nitrogens is 2. The highest BCUT2D eigenvalue weighted by molar-refractivity contribution is 5.84. The van der Waals surface area contributed by atoms with Crippen molar-refractivity contribution in [3.63, 3.8) is 0 Å². The van der Waals surface area contributed by atoms with Crippen molar-refractivity contribution in [1.82, 2.24) is 15.1 Å². The first-order valence-corrected chi connectivity index (χ1v) is 6.17. The lowest BCUT2D eigenvalue weighted by Gasteiger charge is -2.32. The second-order valence-electron chi connectivity index (χ2n) is 4.76. The number of likely N-dealkylation sites (tertiary alicyclic amines) is 1. The molecule has 6 nitrogen and oxygen atoms in total. The topological polar surface area (TPSA) is 92.1 Å². The monoisotopic (exact) mass is 250 g/mol. The molecule has 2 heterocycles. The van der Waals surface area contributed by atoms with Crippen molar-refractivity contribution in [3.05, 3.63) is 18.0 Å². The first-order chi connectivity index (χ1) is 8.59. The highest BCUT2D eigenvalue weighted by Gasteiger charge is 2.30. The van der Waals surface area contributed by atoms with Crippen LogP contribution in [0.4, 0.5) is 0 Å². The molecule has 0 spiro atoms. The molecular formula is C12H18N4O2. The minimum Gasteiger partial charge on any atom is -0.369 e. The Morgan fingerprint density at radius 1 is 1.61 bits per heavy atom. The Labute approximate surface area is 106 Å². The Morgan fingerprint density at radius 3 is 3.00 bits per heavy atom. The summed E-state index contributed by atoms with van der Waals surface area (Å²) in [6.07, 6.45) is 3.23. The van der Waals surface area contributed by atoms with E-state index in [0.29, 0.717) is 13.1 Å². The number of nitrogens with zero attached hydrogens (tertiary/aromatic N) is 2. The summed E-state index contributed by atoms with van der Waals surface area (Å²) in [4.78, 5) is 25.2. The van der Waals surface area contributed by atoms with E-state index >= 15 is 0 Å². The molecule has 2 rings (SSSR count). The predicted molar refractivity (Wildman–Crippen MR) is 65.5 cm³/mol. The van der Waals surface area contributed by atoms with Crippen LogP contribution in [0.25, 0.3) is 0 Å². The van der Waals surface area contributed by atoms with E-state index in [1.54, 1.807) is 17.2 Å². The van der Waals surface area contributed by atoms with Gasteiger partial charge in [0, 0.05) is 25.0 Å². The molecule has 6 heteroatoms. The minimum absolute atomic E-state index is 0.0187. The average Bonchev–Trinajstić information content (AvgIpc) is 2.91. The maximum absolute atomic E-state index is 12.3. The molecule has 1 aliphatic heterocycles. The zero-order valence-electron chi connectivity index (χ0n) is 10.4. The lowest BCUT2D eigenvalue weighted by molar-refractivity contribution is -0.136. The van der Waals surface area contributed by atoms with E-state index < -0.39 is 0 Å². The highest BCUT2D eigenvalue weighted by atomic mass is 16.2. The van der Waals surface area contributed by atoms with E-state index in [2.05, 4.69) is 10.2 Å². The molecule has 0 aromatic carbocycles. The van der Waals surface area contributed by atoms with Crippen molar-refractivity contribution in [1.29, 1.82) is 0 Å². The molecule has 3 N–H and O–H groups in total. The second-order valence-corrected chi connectivity index (χ2v) is 4.76. The summed E-state index contributed by atoms with van der Waals surface area (Å²) in [5.74, 6) is -0.775. The summed E-state index contributed by atoms with van der Waals surface area (Å²) >= 11 is 0. The molecule has 1 fully saturated rings. The van der Waals surface area contributed by atoms with E-state index in [1.807, 2.05) is 6.92 Å². The standard InChI is InChI=1S/C12H18N4O2/c1-8(10-4-5-14-15-10)12(18)16-6-2-3-9(7-16)11(13)17/h4-5,8-9H,2-3,6-7H2,1H3,(H2,13,17)(H,14,15)/t8-,9-/m0/s1. The van der Waals surface area contributed by atoms with E-state index in [1.165, 1.54) is 0 Å². The Hall–Kier alpha value is -1.85. The van der Waals surface area contributed by atoms with Crippen LogP contribution in [0.15, 0.2) is 12.3 Å². The van der Waals surface area contributed by atoms with Gasteiger partial charge in [-0.2, -0.15) is 5.10 Å². The minimum atomic E-state index is -0.318. The van der Waals surface area contributed by atoms with Gasteiger partial charge in [0.05, 0.1) is 11.8 Å². The normalized spacial score (nSPS) is 21.6. The zero-order chi connectivity index (χ0) is 13.1. The molecule has 1 saturated heterocycles. The number of carbonyl (C=O) groups excluding carboxylic acids is 2. The maximum atomic E-state index is 12.3. The number of nitrogens with one attached hydrogen (secondary N) is 1. The zero-order valence-corrected chi connectivity index (χ0v) is 10.4. The highest BCUT2D eigenvalue weighted by Crippen LogP contribution is 2.21. The molecule has 98 valence electrons. The number of aromatic amines is 1. The van der Waals surface area contributed by atoms with E-state index in [-0.39, 0.29) is 23.7 Å². The Kier molecular flexibility index (Phi) is 3.64. The molecule has 1 aliphatic rings. The van der Waals surface area contributed by atoms with Gasteiger partial charge in [0.1, 0.15) is 0 Å². The molecule has 1 aromatic rings. The molecule has 18 heavy (non-hydrogen) atoms. The van der Waals surface area contributed by atoms with Gasteiger partial charge in [-0.1, -0.05) is 0 Å². The number of H-pyrrole nitrogens is 1. The number of hydrogen-bond donors (Lipinski definition) is 2. The van der Waals surface area contributed by atoms with Crippen molar-refractivity contribution >= 4 is 11.8 Å². The lowest BCUT2D eigenvalue weighted by Crippen LogP contribution is -2.45. The number of carbonyl (C=O) groups is 2. The first-order valence-electron chi connectivity index (χ1n) is 6.17. The third kappa shape index (κ3) is 2.52. The van der Waals surface area contributed by atoms with E-state index in [9.17, 15) is 9.59 Å². The molecule has 0 radical (unpaired) electrons. The van der Waals surface area contributed by atoms with Gasteiger partial charge in [0.15, 0.2) is 0 Å². The summed E-state index contributed by atoms with van der Waals surface area (Å²) in [7, 11) is 0. The van der Waals surface area contributed by atoms with Gasteiger partial charge in [-0.05, 0) is 25.8 Å². The third-order valence-corrected chi connectivity index (χ3v) is 3.49. The summed E-state index contributed by atoms with van der Waals surface area (Å²) in [5.41, 5.74) is 6.10. The van der Waals surface area contributed by atoms with Crippen LogP contribution in [0.2, 0.25) is 0 Å². The predicted octanol–water partition coefficient (Wildman–Crippen LogP) is 0.237. The van der Waals surface area contributed by atoms with E-state index in [4.69, 9.17) is 5.73 Å². The summed E-state index contributed by atoms with van der Waals surface area (Å²) < 4.78 is 0. The molecule has 2 atom stereocenters. The molecule has 0 unspecified atom stereocenters. The number of hydrogen-bond acceptors (Lipinski definition) is 3. The maximum Gasteiger partial charge on any atom is 0.231 e. The third-order valence-electron chi connectivity index (χ3n) is 3.49. The smallest absolute Gasteiger partial charge is 0.231 e. The quantitative estimate of drug-likeness (QED) is 0.804. The summed E-state index contributed by atoms with van der Waals surface area (Å²) in [6.45, 7) is 2.97. The number of primary amides is 1. The number of rotatable bonds is 3. The fourth-order valence-corrected chi connectivity index (χ4v) is 2.32. The molecule has 0 aliphatic carbocycles.